The molecule has 2 aromatic rings. The molecule has 0 aliphatic rings. The van der Waals surface area contributed by atoms with E-state index in [-0.39, 0.29) is 11.8 Å². The first kappa shape index (κ1) is 15.7. The molecule has 21 heavy (non-hydrogen) atoms. The average Bonchev–Trinajstić information content (AvgIpc) is 2.82. The van der Waals surface area contributed by atoms with Gasteiger partial charge in [-0.3, -0.25) is 11.3 Å². The van der Waals surface area contributed by atoms with E-state index in [1.54, 1.807) is 17.6 Å². The van der Waals surface area contributed by atoms with Crippen LogP contribution in [0.15, 0.2) is 29.8 Å². The molecule has 1 heterocycles. The Morgan fingerprint density at radius 3 is 2.48 bits per heavy atom. The number of rotatable bonds is 5. The highest BCUT2D eigenvalue weighted by molar-refractivity contribution is 7.09. The van der Waals surface area contributed by atoms with Gasteiger partial charge in [0.15, 0.2) is 0 Å². The summed E-state index contributed by atoms with van der Waals surface area (Å²) in [6.45, 7) is 1.89. The maximum atomic E-state index is 12.1. The second kappa shape index (κ2) is 6.42. The third-order valence-corrected chi connectivity index (χ3v) is 3.94. The van der Waals surface area contributed by atoms with Crippen molar-refractivity contribution in [3.05, 3.63) is 45.9 Å². The number of aryl methyl sites for hydroxylation is 1. The zero-order valence-electron chi connectivity index (χ0n) is 11.1. The van der Waals surface area contributed by atoms with E-state index in [4.69, 9.17) is 5.84 Å². The SMILES string of the molecule is Cc1ncsc1C(Cc1ccc(OC(F)(F)F)cc1)NN. The van der Waals surface area contributed by atoms with Crippen LogP contribution in [0, 0.1) is 6.92 Å². The van der Waals surface area contributed by atoms with Crippen LogP contribution in [-0.2, 0) is 6.42 Å². The fraction of sp³-hybridized carbons (Fsp3) is 0.308. The van der Waals surface area contributed by atoms with Crippen LogP contribution in [0.2, 0.25) is 0 Å². The van der Waals surface area contributed by atoms with E-state index < -0.39 is 6.36 Å². The lowest BCUT2D eigenvalue weighted by atomic mass is 10.0. The van der Waals surface area contributed by atoms with Gasteiger partial charge in [0, 0.05) is 4.88 Å². The van der Waals surface area contributed by atoms with Crippen molar-refractivity contribution in [3.8, 4) is 5.75 Å². The summed E-state index contributed by atoms with van der Waals surface area (Å²) < 4.78 is 40.1. The van der Waals surface area contributed by atoms with Crippen molar-refractivity contribution in [1.82, 2.24) is 10.4 Å². The number of aromatic nitrogens is 1. The first-order valence-electron chi connectivity index (χ1n) is 6.10. The van der Waals surface area contributed by atoms with E-state index in [2.05, 4.69) is 15.1 Å². The summed E-state index contributed by atoms with van der Waals surface area (Å²) in [7, 11) is 0. The number of thiazole rings is 1. The Morgan fingerprint density at radius 1 is 1.33 bits per heavy atom. The predicted octanol–water partition coefficient (Wildman–Crippen LogP) is 3.10. The number of alkyl halides is 3. The molecule has 0 amide bonds. The monoisotopic (exact) mass is 317 g/mol. The van der Waals surface area contributed by atoms with Gasteiger partial charge in [-0.15, -0.1) is 24.5 Å². The highest BCUT2D eigenvalue weighted by Gasteiger charge is 2.31. The van der Waals surface area contributed by atoms with E-state index in [9.17, 15) is 13.2 Å². The van der Waals surface area contributed by atoms with Gasteiger partial charge >= 0.3 is 6.36 Å². The molecule has 0 aliphatic heterocycles. The van der Waals surface area contributed by atoms with Gasteiger partial charge in [-0.2, -0.15) is 0 Å². The zero-order valence-corrected chi connectivity index (χ0v) is 12.0. The summed E-state index contributed by atoms with van der Waals surface area (Å²) >= 11 is 1.49. The number of nitrogens with two attached hydrogens (primary N) is 1. The number of nitrogens with one attached hydrogen (secondary N) is 1. The van der Waals surface area contributed by atoms with Crippen molar-refractivity contribution < 1.29 is 17.9 Å². The second-order valence-electron chi connectivity index (χ2n) is 4.42. The first-order valence-corrected chi connectivity index (χ1v) is 6.98. The quantitative estimate of drug-likeness (QED) is 0.657. The van der Waals surface area contributed by atoms with Crippen molar-refractivity contribution in [2.45, 2.75) is 25.7 Å². The molecule has 2 rings (SSSR count). The van der Waals surface area contributed by atoms with Gasteiger partial charge in [-0.05, 0) is 31.0 Å². The van der Waals surface area contributed by atoms with Gasteiger partial charge in [0.25, 0.3) is 0 Å². The summed E-state index contributed by atoms with van der Waals surface area (Å²) in [6, 6.07) is 5.61. The zero-order chi connectivity index (χ0) is 15.5. The number of benzene rings is 1. The lowest BCUT2D eigenvalue weighted by Crippen LogP contribution is -2.29. The molecule has 0 fully saturated rings. The van der Waals surface area contributed by atoms with E-state index in [0.717, 1.165) is 16.1 Å². The standard InChI is InChI=1S/C13H14F3N3OS/c1-8-12(21-7-18-8)11(19-17)6-9-2-4-10(5-3-9)20-13(14,15)16/h2-5,7,11,19H,6,17H2,1H3. The molecule has 1 atom stereocenters. The van der Waals surface area contributed by atoms with E-state index in [1.165, 1.54) is 23.5 Å². The molecule has 0 aliphatic carbocycles. The Hall–Kier alpha value is -1.64. The lowest BCUT2D eigenvalue weighted by molar-refractivity contribution is -0.274. The van der Waals surface area contributed by atoms with E-state index in [0.29, 0.717) is 6.42 Å². The van der Waals surface area contributed by atoms with Gasteiger partial charge in [0.1, 0.15) is 5.75 Å². The fourth-order valence-corrected chi connectivity index (χ4v) is 2.80. The van der Waals surface area contributed by atoms with Crippen LogP contribution in [0.5, 0.6) is 5.75 Å². The highest BCUT2D eigenvalue weighted by Crippen LogP contribution is 2.26. The molecule has 114 valence electrons. The number of hydrazine groups is 1. The van der Waals surface area contributed by atoms with Gasteiger partial charge in [-0.1, -0.05) is 12.1 Å². The summed E-state index contributed by atoms with van der Waals surface area (Å²) in [4.78, 5) is 5.17. The number of nitrogens with zero attached hydrogens (tertiary/aromatic N) is 1. The molecular formula is C13H14F3N3OS. The molecule has 0 radical (unpaired) electrons. The Labute approximate surface area is 123 Å². The van der Waals surface area contributed by atoms with Crippen LogP contribution < -0.4 is 16.0 Å². The minimum absolute atomic E-state index is 0.133. The van der Waals surface area contributed by atoms with E-state index >= 15 is 0 Å². The lowest BCUT2D eigenvalue weighted by Gasteiger charge is -2.15. The minimum atomic E-state index is -4.68. The van der Waals surface area contributed by atoms with Crippen molar-refractivity contribution in [2.24, 2.45) is 5.84 Å². The first-order chi connectivity index (χ1) is 9.89. The van der Waals surface area contributed by atoms with Crippen LogP contribution in [-0.4, -0.2) is 11.3 Å². The molecule has 1 aromatic carbocycles. The average molecular weight is 317 g/mol. The molecule has 1 aromatic heterocycles. The molecule has 1 unspecified atom stereocenters. The van der Waals surface area contributed by atoms with Crippen LogP contribution in [0.25, 0.3) is 0 Å². The normalized spacial score (nSPS) is 13.2. The summed E-state index contributed by atoms with van der Waals surface area (Å²) in [6.07, 6.45) is -4.13. The van der Waals surface area contributed by atoms with Crippen molar-refractivity contribution in [1.29, 1.82) is 0 Å². The van der Waals surface area contributed by atoms with Gasteiger partial charge in [-0.25, -0.2) is 4.98 Å². The van der Waals surface area contributed by atoms with Crippen molar-refractivity contribution >= 4 is 11.3 Å². The molecule has 0 saturated carbocycles. The topological polar surface area (TPSA) is 60.2 Å². The van der Waals surface area contributed by atoms with E-state index in [1.807, 2.05) is 6.92 Å². The highest BCUT2D eigenvalue weighted by atomic mass is 32.1. The fourth-order valence-electron chi connectivity index (χ4n) is 1.94. The molecule has 8 heteroatoms. The summed E-state index contributed by atoms with van der Waals surface area (Å²) in [5, 5.41) is 0. The summed E-state index contributed by atoms with van der Waals surface area (Å²) in [5.74, 6) is 5.31. The van der Waals surface area contributed by atoms with Crippen molar-refractivity contribution in [3.63, 3.8) is 0 Å². The maximum Gasteiger partial charge on any atom is 0.573 e. The number of hydrogen-bond acceptors (Lipinski definition) is 5. The number of halogens is 3. The maximum absolute atomic E-state index is 12.1. The summed E-state index contributed by atoms with van der Waals surface area (Å²) in [5.41, 5.74) is 6.17. The number of hydrogen-bond donors (Lipinski definition) is 2. The third kappa shape index (κ3) is 4.42. The molecule has 0 saturated heterocycles. The minimum Gasteiger partial charge on any atom is -0.406 e. The molecule has 4 nitrogen and oxygen atoms in total. The largest absolute Gasteiger partial charge is 0.573 e. The predicted molar refractivity (Wildman–Crippen MR) is 73.7 cm³/mol. The molecule has 0 spiro atoms. The van der Waals surface area contributed by atoms with Gasteiger partial charge < -0.3 is 4.74 Å². The van der Waals surface area contributed by atoms with Crippen LogP contribution in [0.3, 0.4) is 0 Å². The van der Waals surface area contributed by atoms with Crippen LogP contribution in [0.1, 0.15) is 22.2 Å². The van der Waals surface area contributed by atoms with Gasteiger partial charge in [0.05, 0.1) is 17.2 Å². The van der Waals surface area contributed by atoms with Crippen LogP contribution >= 0.6 is 11.3 Å². The molecule has 0 bridgehead atoms. The molecular weight excluding hydrogens is 303 g/mol. The Bertz CT molecular complexity index is 583. The Balaban J connectivity index is 2.07. The van der Waals surface area contributed by atoms with Gasteiger partial charge in [0.2, 0.25) is 0 Å². The Morgan fingerprint density at radius 2 is 2.00 bits per heavy atom. The molecule has 3 N–H and O–H groups in total. The number of ether oxygens (including phenoxy) is 1. The third-order valence-electron chi connectivity index (χ3n) is 2.90. The smallest absolute Gasteiger partial charge is 0.406 e. The van der Waals surface area contributed by atoms with Crippen molar-refractivity contribution in [2.75, 3.05) is 0 Å². The van der Waals surface area contributed by atoms with Crippen LogP contribution in [0.4, 0.5) is 13.2 Å². The second-order valence-corrected chi connectivity index (χ2v) is 5.30. The Kier molecular flexibility index (Phi) is 4.81.